The highest BCUT2D eigenvalue weighted by Gasteiger charge is 2.22. The van der Waals surface area contributed by atoms with Gasteiger partial charge in [-0.1, -0.05) is 30.3 Å². The van der Waals surface area contributed by atoms with Crippen LogP contribution in [0.1, 0.15) is 29.6 Å². The Labute approximate surface area is 185 Å². The van der Waals surface area contributed by atoms with Crippen molar-refractivity contribution in [3.63, 3.8) is 0 Å². The number of nitrogens with one attached hydrogen (secondary N) is 1. The van der Waals surface area contributed by atoms with Crippen molar-refractivity contribution in [2.75, 3.05) is 13.1 Å². The van der Waals surface area contributed by atoms with Gasteiger partial charge in [0.1, 0.15) is 5.65 Å². The summed E-state index contributed by atoms with van der Waals surface area (Å²) in [4.78, 5) is 23.0. The summed E-state index contributed by atoms with van der Waals surface area (Å²) in [7, 11) is 0. The lowest BCUT2D eigenvalue weighted by Gasteiger charge is -2.26. The Balaban J connectivity index is 1.43. The third kappa shape index (κ3) is 3.15. The molecule has 6 heteroatoms. The van der Waals surface area contributed by atoms with Crippen LogP contribution in [0, 0.1) is 0 Å². The molecule has 6 nitrogen and oxygen atoms in total. The van der Waals surface area contributed by atoms with E-state index in [2.05, 4.69) is 39.3 Å². The summed E-state index contributed by atoms with van der Waals surface area (Å²) in [6, 6.07) is 16.5. The van der Waals surface area contributed by atoms with E-state index in [-0.39, 0.29) is 5.91 Å². The number of hydrogen-bond acceptors (Lipinski definition) is 3. The van der Waals surface area contributed by atoms with E-state index in [0.717, 1.165) is 64.7 Å². The standard InChI is InChI=1S/C26H23N5O/c32-26(30-10-5-2-6-11-30)23-17-29-31-12-9-19(14-24(23)31)22-16-28-25-21(22)13-20(15-27-25)18-7-3-1-4-8-18/h1,3-4,7-9,12-17H,2,5-6,10-11H2,(H,27,28). The van der Waals surface area contributed by atoms with Crippen molar-refractivity contribution in [2.24, 2.45) is 0 Å². The summed E-state index contributed by atoms with van der Waals surface area (Å²) >= 11 is 0. The van der Waals surface area contributed by atoms with Crippen molar-refractivity contribution in [1.29, 1.82) is 0 Å². The summed E-state index contributed by atoms with van der Waals surface area (Å²) in [5, 5.41) is 5.48. The van der Waals surface area contributed by atoms with Gasteiger partial charge in [-0.3, -0.25) is 4.79 Å². The average molecular weight is 422 g/mol. The Morgan fingerprint density at radius 3 is 2.59 bits per heavy atom. The van der Waals surface area contributed by atoms with E-state index >= 15 is 0 Å². The molecule has 1 aromatic carbocycles. The molecule has 1 aliphatic heterocycles. The molecule has 5 heterocycles. The number of hydrogen-bond donors (Lipinski definition) is 1. The number of aromatic nitrogens is 4. The Bertz CT molecular complexity index is 1430. The molecule has 0 saturated carbocycles. The highest BCUT2D eigenvalue weighted by atomic mass is 16.2. The minimum atomic E-state index is 0.0730. The number of carbonyl (C=O) groups is 1. The summed E-state index contributed by atoms with van der Waals surface area (Å²) in [6.45, 7) is 1.65. The molecule has 1 fully saturated rings. The molecule has 4 aromatic heterocycles. The Kier molecular flexibility index (Phi) is 4.49. The van der Waals surface area contributed by atoms with Gasteiger partial charge in [-0.15, -0.1) is 0 Å². The summed E-state index contributed by atoms with van der Waals surface area (Å²) in [6.07, 6.45) is 10.8. The normalized spacial score (nSPS) is 14.3. The second-order valence-electron chi connectivity index (χ2n) is 8.34. The van der Waals surface area contributed by atoms with Crippen molar-refractivity contribution in [1.82, 2.24) is 24.5 Å². The summed E-state index contributed by atoms with van der Waals surface area (Å²) in [5.74, 6) is 0.0730. The molecule has 6 rings (SSSR count). The fraction of sp³-hybridized carbons (Fsp3) is 0.192. The maximum atomic E-state index is 13.1. The van der Waals surface area contributed by atoms with Crippen LogP contribution < -0.4 is 0 Å². The van der Waals surface area contributed by atoms with Crippen LogP contribution in [0.4, 0.5) is 0 Å². The van der Waals surface area contributed by atoms with Crippen LogP contribution >= 0.6 is 0 Å². The monoisotopic (exact) mass is 421 g/mol. The molecule has 32 heavy (non-hydrogen) atoms. The van der Waals surface area contributed by atoms with Crippen LogP contribution in [-0.2, 0) is 0 Å². The van der Waals surface area contributed by atoms with Crippen LogP contribution in [0.2, 0.25) is 0 Å². The van der Waals surface area contributed by atoms with Gasteiger partial charge in [0.25, 0.3) is 5.91 Å². The number of H-pyrrole nitrogens is 1. The number of nitrogens with zero attached hydrogens (tertiary/aromatic N) is 4. The van der Waals surface area contributed by atoms with E-state index in [4.69, 9.17) is 0 Å². The average Bonchev–Trinajstić information content (AvgIpc) is 3.48. The SMILES string of the molecule is O=C(c1cnn2ccc(-c3c[nH]c4ncc(-c5ccccc5)cc34)cc12)N1CCCCC1. The molecule has 158 valence electrons. The van der Waals surface area contributed by atoms with E-state index in [1.165, 1.54) is 6.42 Å². The van der Waals surface area contributed by atoms with Crippen LogP contribution in [0.3, 0.4) is 0 Å². The Morgan fingerprint density at radius 1 is 0.906 bits per heavy atom. The molecule has 1 amide bonds. The second-order valence-corrected chi connectivity index (χ2v) is 8.34. The van der Waals surface area contributed by atoms with E-state index in [9.17, 15) is 4.79 Å². The molecule has 5 aromatic rings. The van der Waals surface area contributed by atoms with Gasteiger partial charge in [0, 0.05) is 48.2 Å². The fourth-order valence-corrected chi connectivity index (χ4v) is 4.61. The second kappa shape index (κ2) is 7.64. The maximum Gasteiger partial charge on any atom is 0.257 e. The first-order valence-corrected chi connectivity index (χ1v) is 11.1. The van der Waals surface area contributed by atoms with E-state index < -0.39 is 0 Å². The predicted octanol–water partition coefficient (Wildman–Crippen LogP) is 5.17. The van der Waals surface area contributed by atoms with Gasteiger partial charge >= 0.3 is 0 Å². The number of pyridine rings is 2. The summed E-state index contributed by atoms with van der Waals surface area (Å²) in [5.41, 5.74) is 6.64. The first kappa shape index (κ1) is 18.8. The van der Waals surface area contributed by atoms with Gasteiger partial charge in [0.2, 0.25) is 0 Å². The zero-order chi connectivity index (χ0) is 21.5. The maximum absolute atomic E-state index is 13.1. The number of amides is 1. The largest absolute Gasteiger partial charge is 0.346 e. The van der Waals surface area contributed by atoms with Crippen molar-refractivity contribution in [3.05, 3.63) is 78.9 Å². The van der Waals surface area contributed by atoms with E-state index in [1.54, 1.807) is 10.7 Å². The predicted molar refractivity (Wildman–Crippen MR) is 125 cm³/mol. The highest BCUT2D eigenvalue weighted by molar-refractivity contribution is 6.02. The van der Waals surface area contributed by atoms with E-state index in [1.807, 2.05) is 47.8 Å². The van der Waals surface area contributed by atoms with Gasteiger partial charge < -0.3 is 9.88 Å². The zero-order valence-corrected chi connectivity index (χ0v) is 17.7. The van der Waals surface area contributed by atoms with Gasteiger partial charge in [-0.05, 0) is 48.6 Å². The fourth-order valence-electron chi connectivity index (χ4n) is 4.61. The Morgan fingerprint density at radius 2 is 1.75 bits per heavy atom. The molecule has 0 radical (unpaired) electrons. The minimum absolute atomic E-state index is 0.0730. The number of carbonyl (C=O) groups excluding carboxylic acids is 1. The zero-order valence-electron chi connectivity index (χ0n) is 17.7. The molecule has 0 bridgehead atoms. The Hall–Kier alpha value is -3.93. The lowest BCUT2D eigenvalue weighted by atomic mass is 10.0. The van der Waals surface area contributed by atoms with Crippen LogP contribution in [0.15, 0.2) is 73.3 Å². The number of fused-ring (bicyclic) bond motifs is 2. The molecule has 0 atom stereocenters. The number of rotatable bonds is 3. The topological polar surface area (TPSA) is 66.3 Å². The molecule has 1 saturated heterocycles. The molecular weight excluding hydrogens is 398 g/mol. The quantitative estimate of drug-likeness (QED) is 0.437. The van der Waals surface area contributed by atoms with Gasteiger partial charge in [0.15, 0.2) is 0 Å². The highest BCUT2D eigenvalue weighted by Crippen LogP contribution is 2.32. The number of benzene rings is 1. The lowest BCUT2D eigenvalue weighted by molar-refractivity contribution is 0.0726. The smallest absolute Gasteiger partial charge is 0.257 e. The lowest BCUT2D eigenvalue weighted by Crippen LogP contribution is -2.35. The van der Waals surface area contributed by atoms with Crippen LogP contribution in [0.25, 0.3) is 38.8 Å². The third-order valence-corrected chi connectivity index (χ3v) is 6.34. The van der Waals surface area contributed by atoms with Gasteiger partial charge in [0.05, 0.1) is 17.3 Å². The van der Waals surface area contributed by atoms with Gasteiger partial charge in [-0.2, -0.15) is 5.10 Å². The molecule has 0 spiro atoms. The van der Waals surface area contributed by atoms with Gasteiger partial charge in [-0.25, -0.2) is 9.50 Å². The molecule has 1 N–H and O–H groups in total. The molecular formula is C26H23N5O. The third-order valence-electron chi connectivity index (χ3n) is 6.34. The molecule has 0 unspecified atom stereocenters. The van der Waals surface area contributed by atoms with Crippen LogP contribution in [-0.4, -0.2) is 43.5 Å². The molecule has 0 aliphatic carbocycles. The van der Waals surface area contributed by atoms with Crippen molar-refractivity contribution >= 4 is 22.5 Å². The number of likely N-dealkylation sites (tertiary alicyclic amines) is 1. The number of aromatic amines is 1. The number of piperidine rings is 1. The first-order chi connectivity index (χ1) is 15.8. The van der Waals surface area contributed by atoms with E-state index in [0.29, 0.717) is 5.56 Å². The first-order valence-electron chi connectivity index (χ1n) is 11.1. The molecule has 1 aliphatic rings. The van der Waals surface area contributed by atoms with Crippen molar-refractivity contribution in [3.8, 4) is 22.3 Å². The van der Waals surface area contributed by atoms with Crippen molar-refractivity contribution < 1.29 is 4.79 Å². The minimum Gasteiger partial charge on any atom is -0.346 e. The van der Waals surface area contributed by atoms with Crippen molar-refractivity contribution in [2.45, 2.75) is 19.3 Å². The summed E-state index contributed by atoms with van der Waals surface area (Å²) < 4.78 is 1.78. The van der Waals surface area contributed by atoms with Crippen LogP contribution in [0.5, 0.6) is 0 Å².